The maximum Gasteiger partial charge on any atom is 0.0713 e. The smallest absolute Gasteiger partial charge is 0.0713 e. The fraction of sp³-hybridized carbons (Fsp3) is 0.200. The quantitative estimate of drug-likeness (QED) is 0.738. The van der Waals surface area contributed by atoms with Gasteiger partial charge in [-0.3, -0.25) is 0 Å². The Kier molecular flexibility index (Phi) is 5.97. The summed E-state index contributed by atoms with van der Waals surface area (Å²) in [5.41, 5.74) is 2.54. The van der Waals surface area contributed by atoms with Crippen LogP contribution in [0.2, 0.25) is 0 Å². The van der Waals surface area contributed by atoms with Crippen LogP contribution in [-0.4, -0.2) is 7.11 Å². The van der Waals surface area contributed by atoms with E-state index in [0.29, 0.717) is 6.61 Å². The van der Waals surface area contributed by atoms with Gasteiger partial charge in [-0.1, -0.05) is 66.2 Å². The zero-order chi connectivity index (χ0) is 11.6. The van der Waals surface area contributed by atoms with E-state index in [9.17, 15) is 0 Å². The molecule has 0 bridgehead atoms. The second kappa shape index (κ2) is 7.66. The molecule has 0 amide bonds. The predicted octanol–water partition coefficient (Wildman–Crippen LogP) is 3.83. The van der Waals surface area contributed by atoms with Crippen LogP contribution in [0.15, 0.2) is 60.7 Å². The number of hydrogen-bond donors (Lipinski definition) is 0. The Morgan fingerprint density at radius 2 is 1.31 bits per heavy atom. The number of rotatable bonds is 2. The molecule has 0 radical (unpaired) electrons. The lowest BCUT2D eigenvalue weighted by molar-refractivity contribution is 0.185. The molecule has 0 N–H and O–H groups in total. The van der Waals surface area contributed by atoms with E-state index in [4.69, 9.17) is 4.74 Å². The molecule has 1 heteroatoms. The molecular formula is C15H18O. The number of methoxy groups -OCH3 is 1. The summed E-state index contributed by atoms with van der Waals surface area (Å²) in [4.78, 5) is 0. The van der Waals surface area contributed by atoms with Crippen LogP contribution in [0.25, 0.3) is 0 Å². The molecule has 84 valence electrons. The minimum atomic E-state index is 0.709. The maximum atomic E-state index is 4.93. The fourth-order valence-electron chi connectivity index (χ4n) is 1.28. The highest BCUT2D eigenvalue weighted by atomic mass is 16.5. The van der Waals surface area contributed by atoms with Crippen LogP contribution >= 0.6 is 0 Å². The standard InChI is InChI=1S/C8H10O.C7H8/c1-9-7-8-5-3-2-4-6-8;1-7-5-3-2-4-6-7/h2-6H,7H2,1H3;2-6H,1H3. The van der Waals surface area contributed by atoms with Gasteiger partial charge >= 0.3 is 0 Å². The van der Waals surface area contributed by atoms with Crippen LogP contribution in [0, 0.1) is 6.92 Å². The fourth-order valence-corrected chi connectivity index (χ4v) is 1.28. The van der Waals surface area contributed by atoms with Gasteiger partial charge in [0.1, 0.15) is 0 Å². The van der Waals surface area contributed by atoms with Crippen LogP contribution in [0.5, 0.6) is 0 Å². The third-order valence-electron chi connectivity index (χ3n) is 2.09. The molecule has 2 aromatic rings. The highest BCUT2D eigenvalue weighted by Gasteiger charge is 1.84. The van der Waals surface area contributed by atoms with E-state index in [2.05, 4.69) is 19.1 Å². The van der Waals surface area contributed by atoms with E-state index in [1.807, 2.05) is 48.5 Å². The van der Waals surface area contributed by atoms with Gasteiger partial charge in [-0.15, -0.1) is 0 Å². The van der Waals surface area contributed by atoms with E-state index >= 15 is 0 Å². The van der Waals surface area contributed by atoms with Gasteiger partial charge in [-0.2, -0.15) is 0 Å². The molecule has 2 rings (SSSR count). The van der Waals surface area contributed by atoms with Crippen molar-refractivity contribution in [1.29, 1.82) is 0 Å². The minimum Gasteiger partial charge on any atom is -0.380 e. The normalized spacial score (nSPS) is 9.12. The van der Waals surface area contributed by atoms with Gasteiger partial charge in [0.2, 0.25) is 0 Å². The molecule has 0 aliphatic rings. The van der Waals surface area contributed by atoms with E-state index in [0.717, 1.165) is 0 Å². The summed E-state index contributed by atoms with van der Waals surface area (Å²) in [6.45, 7) is 2.79. The van der Waals surface area contributed by atoms with Crippen molar-refractivity contribution in [3.05, 3.63) is 71.8 Å². The molecular weight excluding hydrogens is 196 g/mol. The van der Waals surface area contributed by atoms with Crippen molar-refractivity contribution in [1.82, 2.24) is 0 Å². The second-order valence-corrected chi connectivity index (χ2v) is 3.57. The first kappa shape index (κ1) is 12.5. The SMILES string of the molecule is COCc1ccccc1.Cc1ccccc1. The van der Waals surface area contributed by atoms with Crippen molar-refractivity contribution in [3.63, 3.8) is 0 Å². The molecule has 16 heavy (non-hydrogen) atoms. The predicted molar refractivity (Wildman–Crippen MR) is 68.3 cm³/mol. The molecule has 0 atom stereocenters. The Morgan fingerprint density at radius 1 is 0.812 bits per heavy atom. The van der Waals surface area contributed by atoms with E-state index in [-0.39, 0.29) is 0 Å². The summed E-state index contributed by atoms with van der Waals surface area (Å²) in [6, 6.07) is 20.4. The molecule has 0 aliphatic carbocycles. The minimum absolute atomic E-state index is 0.709. The largest absolute Gasteiger partial charge is 0.380 e. The van der Waals surface area contributed by atoms with Crippen molar-refractivity contribution in [3.8, 4) is 0 Å². The summed E-state index contributed by atoms with van der Waals surface area (Å²) < 4.78 is 4.93. The van der Waals surface area contributed by atoms with E-state index < -0.39 is 0 Å². The van der Waals surface area contributed by atoms with Gasteiger partial charge in [-0.25, -0.2) is 0 Å². The first-order valence-corrected chi connectivity index (χ1v) is 5.37. The first-order valence-electron chi connectivity index (χ1n) is 5.37. The monoisotopic (exact) mass is 214 g/mol. The average Bonchev–Trinajstić information content (AvgIpc) is 2.33. The lowest BCUT2D eigenvalue weighted by Gasteiger charge is -1.95. The summed E-state index contributed by atoms with van der Waals surface area (Å²) in [5.74, 6) is 0. The Bertz CT molecular complexity index is 367. The molecule has 0 fully saturated rings. The Hall–Kier alpha value is -1.60. The number of hydrogen-bond acceptors (Lipinski definition) is 1. The van der Waals surface area contributed by atoms with E-state index in [1.165, 1.54) is 11.1 Å². The summed E-state index contributed by atoms with van der Waals surface area (Å²) in [7, 11) is 1.70. The summed E-state index contributed by atoms with van der Waals surface area (Å²) >= 11 is 0. The topological polar surface area (TPSA) is 9.23 Å². The van der Waals surface area contributed by atoms with Gasteiger partial charge in [0, 0.05) is 7.11 Å². The summed E-state index contributed by atoms with van der Waals surface area (Å²) in [5, 5.41) is 0. The maximum absolute atomic E-state index is 4.93. The highest BCUT2D eigenvalue weighted by molar-refractivity contribution is 5.13. The van der Waals surface area contributed by atoms with Crippen LogP contribution in [-0.2, 0) is 11.3 Å². The zero-order valence-corrected chi connectivity index (χ0v) is 9.89. The molecule has 0 aromatic heterocycles. The molecule has 0 unspecified atom stereocenters. The lowest BCUT2D eigenvalue weighted by atomic mass is 10.2. The number of aryl methyl sites for hydroxylation is 1. The van der Waals surface area contributed by atoms with Crippen molar-refractivity contribution < 1.29 is 4.74 Å². The highest BCUT2D eigenvalue weighted by Crippen LogP contribution is 1.98. The van der Waals surface area contributed by atoms with E-state index in [1.54, 1.807) is 7.11 Å². The number of benzene rings is 2. The summed E-state index contributed by atoms with van der Waals surface area (Å²) in [6.07, 6.45) is 0. The van der Waals surface area contributed by atoms with Crippen molar-refractivity contribution >= 4 is 0 Å². The van der Waals surface area contributed by atoms with Crippen molar-refractivity contribution in [2.24, 2.45) is 0 Å². The average molecular weight is 214 g/mol. The molecule has 0 aliphatic heterocycles. The lowest BCUT2D eigenvalue weighted by Crippen LogP contribution is -1.84. The van der Waals surface area contributed by atoms with Gasteiger partial charge in [0.05, 0.1) is 6.61 Å². The van der Waals surface area contributed by atoms with Crippen LogP contribution in [0.4, 0.5) is 0 Å². The van der Waals surface area contributed by atoms with Gasteiger partial charge in [0.15, 0.2) is 0 Å². The Labute approximate surface area is 97.7 Å². The zero-order valence-electron chi connectivity index (χ0n) is 9.89. The molecule has 0 saturated heterocycles. The van der Waals surface area contributed by atoms with Gasteiger partial charge in [0.25, 0.3) is 0 Å². The van der Waals surface area contributed by atoms with Crippen LogP contribution < -0.4 is 0 Å². The molecule has 0 heterocycles. The van der Waals surface area contributed by atoms with Crippen LogP contribution in [0.3, 0.4) is 0 Å². The van der Waals surface area contributed by atoms with Crippen molar-refractivity contribution in [2.75, 3.05) is 7.11 Å². The molecule has 2 aromatic carbocycles. The third-order valence-corrected chi connectivity index (χ3v) is 2.09. The van der Waals surface area contributed by atoms with Crippen LogP contribution in [0.1, 0.15) is 11.1 Å². The Morgan fingerprint density at radius 3 is 1.69 bits per heavy atom. The third kappa shape index (κ3) is 5.32. The van der Waals surface area contributed by atoms with Gasteiger partial charge in [-0.05, 0) is 12.5 Å². The van der Waals surface area contributed by atoms with Gasteiger partial charge < -0.3 is 4.74 Å². The molecule has 0 saturated carbocycles. The Balaban J connectivity index is 0.000000165. The second-order valence-electron chi connectivity index (χ2n) is 3.57. The molecule has 0 spiro atoms. The molecule has 1 nitrogen and oxygen atoms in total. The van der Waals surface area contributed by atoms with Crippen molar-refractivity contribution in [2.45, 2.75) is 13.5 Å². The first-order chi connectivity index (χ1) is 7.83. The number of ether oxygens (including phenoxy) is 1.